The maximum Gasteiger partial charge on any atom is 0.211 e. The van der Waals surface area contributed by atoms with Crippen molar-refractivity contribution in [2.75, 3.05) is 12.8 Å². The second kappa shape index (κ2) is 9.04. The van der Waals surface area contributed by atoms with Gasteiger partial charge < -0.3 is 0 Å². The Morgan fingerprint density at radius 1 is 1.10 bits per heavy atom. The highest BCUT2D eigenvalue weighted by atomic mass is 32.2. The molecule has 0 aromatic rings. The Morgan fingerprint density at radius 2 is 1.50 bits per heavy atom. The SMILES string of the molecule is C.C.C.[2H]CC([2H])(CCN(C(C)(C)C)S(C)(=O)=O)C(C)(C)C. The van der Waals surface area contributed by atoms with Crippen molar-refractivity contribution in [3.8, 4) is 0 Å². The molecule has 0 aliphatic carbocycles. The molecule has 1 unspecified atom stereocenters. The van der Waals surface area contributed by atoms with Gasteiger partial charge in [0.1, 0.15) is 0 Å². The normalized spacial score (nSPS) is 16.8. The van der Waals surface area contributed by atoms with Gasteiger partial charge in [0, 0.05) is 14.8 Å². The summed E-state index contributed by atoms with van der Waals surface area (Å²) < 4.78 is 41.2. The fourth-order valence-electron chi connectivity index (χ4n) is 1.61. The lowest BCUT2D eigenvalue weighted by Gasteiger charge is -2.36. The summed E-state index contributed by atoms with van der Waals surface area (Å²) in [5.74, 6) is -0.943. The summed E-state index contributed by atoms with van der Waals surface area (Å²) in [6.07, 6.45) is 1.56. The van der Waals surface area contributed by atoms with E-state index in [4.69, 9.17) is 2.74 Å². The molecule has 0 N–H and O–H groups in total. The maximum atomic E-state index is 11.9. The van der Waals surface area contributed by atoms with Crippen molar-refractivity contribution < 1.29 is 11.2 Å². The Hall–Kier alpha value is -0.0900. The molecule has 0 saturated carbocycles. The highest BCUT2D eigenvalue weighted by Crippen LogP contribution is 2.29. The van der Waals surface area contributed by atoms with E-state index in [1.165, 1.54) is 10.6 Å². The molecule has 20 heavy (non-hydrogen) atoms. The molecule has 0 radical (unpaired) electrons. The molecule has 0 bridgehead atoms. The Bertz CT molecular complexity index is 397. The molecule has 0 amide bonds. The largest absolute Gasteiger partial charge is 0.212 e. The van der Waals surface area contributed by atoms with Crippen LogP contribution in [0.25, 0.3) is 0 Å². The quantitative estimate of drug-likeness (QED) is 0.730. The monoisotopic (exact) mass is 313 g/mol. The highest BCUT2D eigenvalue weighted by molar-refractivity contribution is 7.88. The molecule has 0 aromatic carbocycles. The lowest BCUT2D eigenvalue weighted by molar-refractivity contribution is 0.192. The third kappa shape index (κ3) is 9.76. The van der Waals surface area contributed by atoms with Gasteiger partial charge in [0.25, 0.3) is 0 Å². The molecule has 128 valence electrons. The molecule has 0 rings (SSSR count). The van der Waals surface area contributed by atoms with Crippen LogP contribution in [0, 0.1) is 11.3 Å². The summed E-state index contributed by atoms with van der Waals surface area (Å²) in [5, 5.41) is 0. The van der Waals surface area contributed by atoms with E-state index in [1.807, 2.05) is 41.5 Å². The Labute approximate surface area is 133 Å². The van der Waals surface area contributed by atoms with Crippen LogP contribution in [0.4, 0.5) is 0 Å². The zero-order chi connectivity index (χ0) is 15.7. The van der Waals surface area contributed by atoms with Crippen molar-refractivity contribution in [1.29, 1.82) is 0 Å². The first-order valence-electron chi connectivity index (χ1n) is 7.13. The van der Waals surface area contributed by atoms with Crippen LogP contribution in [-0.2, 0) is 10.0 Å². The molecule has 0 aliphatic heterocycles. The van der Waals surface area contributed by atoms with Gasteiger partial charge in [0.05, 0.1) is 6.26 Å². The summed E-state index contributed by atoms with van der Waals surface area (Å²) in [4.78, 5) is 0. The van der Waals surface area contributed by atoms with Gasteiger partial charge >= 0.3 is 0 Å². The molecule has 4 heteroatoms. The number of hydrogen-bond acceptors (Lipinski definition) is 2. The van der Waals surface area contributed by atoms with Gasteiger partial charge in [-0.05, 0) is 38.5 Å². The second-order valence-corrected chi connectivity index (χ2v) is 8.52. The lowest BCUT2D eigenvalue weighted by Crippen LogP contribution is -2.46. The summed E-state index contributed by atoms with van der Waals surface area (Å²) in [5.41, 5.74) is -0.857. The average Bonchev–Trinajstić information content (AvgIpc) is 2.11. The number of rotatable bonds is 4. The molecular weight excluding hydrogens is 270 g/mol. The first-order valence-corrected chi connectivity index (χ1v) is 7.77. The van der Waals surface area contributed by atoms with Crippen LogP contribution in [0.5, 0.6) is 0 Å². The van der Waals surface area contributed by atoms with Crippen molar-refractivity contribution in [2.24, 2.45) is 11.3 Å². The van der Waals surface area contributed by atoms with Gasteiger partial charge in [-0.25, -0.2) is 8.42 Å². The van der Waals surface area contributed by atoms with Crippen LogP contribution in [-0.4, -0.2) is 31.1 Å². The standard InChI is InChI=1S/C13H29NO2S.3CH4/c1-11(12(2,3)4)9-10-14(13(5,6)7)17(8,15)16;;;/h11H,9-10H2,1-8H3;3*1H4/i1D,11D;;;. The van der Waals surface area contributed by atoms with Gasteiger partial charge in [0.2, 0.25) is 10.0 Å². The molecule has 0 fully saturated rings. The molecular formula is C16H41NO2S. The molecule has 1 atom stereocenters. The van der Waals surface area contributed by atoms with E-state index in [1.54, 1.807) is 0 Å². The third-order valence-electron chi connectivity index (χ3n) is 2.83. The second-order valence-electron chi connectivity index (χ2n) is 6.61. The van der Waals surface area contributed by atoms with E-state index in [9.17, 15) is 8.42 Å². The Morgan fingerprint density at radius 3 is 1.70 bits per heavy atom. The van der Waals surface area contributed by atoms with Crippen LogP contribution in [0.1, 0.15) is 79.9 Å². The zero-order valence-electron chi connectivity index (χ0n) is 14.3. The molecule has 0 heterocycles. The number of sulfonamides is 1. The van der Waals surface area contributed by atoms with Gasteiger partial charge in [0.15, 0.2) is 0 Å². The van der Waals surface area contributed by atoms with Gasteiger partial charge in [-0.3, -0.25) is 0 Å². The van der Waals surface area contributed by atoms with Crippen LogP contribution in [0.2, 0.25) is 0 Å². The predicted octanol–water partition coefficient (Wildman–Crippen LogP) is 5.03. The molecule has 0 aliphatic rings. The fourth-order valence-corrected chi connectivity index (χ4v) is 3.03. The molecule has 0 aromatic heterocycles. The van der Waals surface area contributed by atoms with E-state index in [-0.39, 0.29) is 41.1 Å². The van der Waals surface area contributed by atoms with Gasteiger partial charge in [-0.2, -0.15) is 4.31 Å². The third-order valence-corrected chi connectivity index (χ3v) is 4.36. The first-order chi connectivity index (χ1) is 8.15. The van der Waals surface area contributed by atoms with E-state index in [0.717, 1.165) is 0 Å². The summed E-state index contributed by atoms with van der Waals surface area (Å²) >= 11 is 0. The van der Waals surface area contributed by atoms with Crippen molar-refractivity contribution in [3.05, 3.63) is 0 Å². The predicted molar refractivity (Wildman–Crippen MR) is 94.7 cm³/mol. The fraction of sp³-hybridized carbons (Fsp3) is 1.00. The maximum absolute atomic E-state index is 11.9. The minimum Gasteiger partial charge on any atom is -0.212 e. The van der Waals surface area contributed by atoms with Gasteiger partial charge in [-0.15, -0.1) is 0 Å². The molecule has 3 nitrogen and oxygen atoms in total. The average molecular weight is 314 g/mol. The molecule has 0 saturated heterocycles. The topological polar surface area (TPSA) is 37.4 Å². The Kier molecular flexibility index (Phi) is 10.0. The van der Waals surface area contributed by atoms with E-state index in [2.05, 4.69) is 0 Å². The minimum atomic E-state index is -3.31. The summed E-state index contributed by atoms with van der Waals surface area (Å²) in [6, 6.07) is 0. The lowest BCUT2D eigenvalue weighted by atomic mass is 9.80. The van der Waals surface area contributed by atoms with Crippen LogP contribution >= 0.6 is 0 Å². The van der Waals surface area contributed by atoms with Crippen LogP contribution in [0.3, 0.4) is 0 Å². The highest BCUT2D eigenvalue weighted by Gasteiger charge is 2.30. The summed E-state index contributed by atoms with van der Waals surface area (Å²) in [6.45, 7) is 11.6. The first kappa shape index (κ1) is 22.2. The summed E-state index contributed by atoms with van der Waals surface area (Å²) in [7, 11) is -3.31. The minimum absolute atomic E-state index is 0. The van der Waals surface area contributed by atoms with Crippen LogP contribution < -0.4 is 0 Å². The Balaban J connectivity index is -0.000000540. The zero-order valence-corrected chi connectivity index (χ0v) is 13.1. The van der Waals surface area contributed by atoms with Gasteiger partial charge in [-0.1, -0.05) is 50.0 Å². The van der Waals surface area contributed by atoms with E-state index < -0.39 is 21.5 Å². The van der Waals surface area contributed by atoms with Crippen molar-refractivity contribution in [3.63, 3.8) is 0 Å². The smallest absolute Gasteiger partial charge is 0.211 e. The van der Waals surface area contributed by atoms with E-state index >= 15 is 0 Å². The van der Waals surface area contributed by atoms with E-state index in [0.29, 0.717) is 6.42 Å². The molecule has 0 spiro atoms. The number of hydrogen-bond donors (Lipinski definition) is 0. The van der Waals surface area contributed by atoms with Crippen LogP contribution in [0.15, 0.2) is 0 Å². The number of nitrogens with zero attached hydrogens (tertiary/aromatic N) is 1. The van der Waals surface area contributed by atoms with Crippen molar-refractivity contribution in [1.82, 2.24) is 4.31 Å². The van der Waals surface area contributed by atoms with Crippen molar-refractivity contribution >= 4 is 10.0 Å². The van der Waals surface area contributed by atoms with Crippen molar-refractivity contribution in [2.45, 2.75) is 82.7 Å².